The van der Waals surface area contributed by atoms with Gasteiger partial charge in [0.05, 0.1) is 23.8 Å². The van der Waals surface area contributed by atoms with Gasteiger partial charge in [0.1, 0.15) is 12.1 Å². The quantitative estimate of drug-likeness (QED) is 0.100. The summed E-state index contributed by atoms with van der Waals surface area (Å²) in [4.78, 5) is 27.4. The fraction of sp³-hybridized carbons (Fsp3) is 0.714. The second-order valence-corrected chi connectivity index (χ2v) is 15.4. The van der Waals surface area contributed by atoms with Crippen molar-refractivity contribution in [3.8, 4) is 12.3 Å². The molecule has 1 aliphatic carbocycles. The normalized spacial score (nSPS) is 17.5. The third-order valence-corrected chi connectivity index (χ3v) is 10.7. The van der Waals surface area contributed by atoms with Gasteiger partial charge in [-0.1, -0.05) is 83.2 Å². The van der Waals surface area contributed by atoms with Crippen molar-refractivity contribution >= 4 is 21.8 Å². The lowest BCUT2D eigenvalue weighted by molar-refractivity contribution is -0.132. The maximum atomic E-state index is 13.8. The summed E-state index contributed by atoms with van der Waals surface area (Å²) in [5.41, 5.74) is 0.790. The maximum Gasteiger partial charge on any atom is 0.243 e. The van der Waals surface area contributed by atoms with Gasteiger partial charge < -0.3 is 26.2 Å². The van der Waals surface area contributed by atoms with E-state index in [-0.39, 0.29) is 25.3 Å². The standard InChI is InChI=1S/C35H58N4O6S/c1-6-14-30(35(43)38-31(24-28-17-12-9-13-18-28)33(41)32(40)22-26(3)4)37-34(42)29(23-27-15-10-8-11-16-27)25-46(44,45)39(5)21-20-36-19-7-2/h1,8,10-11,15-16,26,28-33,36,40-41H,7,9,12-14,17-25H2,2-5H3,(H,37,42)(H,38,43)/t29?,30-,31-,32-,33+/m0/s1. The molecule has 5 N–H and O–H groups in total. The molecular weight excluding hydrogens is 604 g/mol. The number of likely N-dealkylation sites (N-methyl/N-ethyl adjacent to an activating group) is 1. The number of aliphatic hydroxyl groups is 2. The first kappa shape index (κ1) is 39.7. The molecule has 0 aliphatic heterocycles. The number of amides is 2. The minimum atomic E-state index is -3.82. The van der Waals surface area contributed by atoms with E-state index in [1.54, 1.807) is 0 Å². The molecule has 0 spiro atoms. The van der Waals surface area contributed by atoms with Crippen LogP contribution in [0.25, 0.3) is 0 Å². The highest BCUT2D eigenvalue weighted by molar-refractivity contribution is 7.89. The molecule has 1 aromatic carbocycles. The summed E-state index contributed by atoms with van der Waals surface area (Å²) in [7, 11) is -2.32. The Morgan fingerprint density at radius 1 is 1.04 bits per heavy atom. The van der Waals surface area contributed by atoms with Crippen LogP contribution in [0, 0.1) is 30.1 Å². The van der Waals surface area contributed by atoms with Crippen molar-refractivity contribution in [2.24, 2.45) is 17.8 Å². The predicted octanol–water partition coefficient (Wildman–Crippen LogP) is 2.84. The molecule has 1 unspecified atom stereocenters. The number of carbonyl (C=O) groups excluding carboxylic acids is 2. The molecule has 46 heavy (non-hydrogen) atoms. The van der Waals surface area contributed by atoms with E-state index in [9.17, 15) is 28.2 Å². The van der Waals surface area contributed by atoms with Crippen molar-refractivity contribution in [2.75, 3.05) is 32.4 Å². The Labute approximate surface area is 277 Å². The third kappa shape index (κ3) is 14.1. The van der Waals surface area contributed by atoms with Crippen molar-refractivity contribution in [2.45, 2.75) is 109 Å². The van der Waals surface area contributed by atoms with Crippen molar-refractivity contribution in [3.63, 3.8) is 0 Å². The number of benzene rings is 1. The summed E-state index contributed by atoms with van der Waals surface area (Å²) < 4.78 is 28.0. The van der Waals surface area contributed by atoms with Crippen molar-refractivity contribution in [1.82, 2.24) is 20.3 Å². The SMILES string of the molecule is C#CC[C@H](NC(=O)C(Cc1ccccc1)CS(=O)(=O)N(C)CCNCCC)C(=O)N[C@@H](CC1CCCCC1)[C@@H](O)[C@@H](O)CC(C)C. The van der Waals surface area contributed by atoms with Crippen LogP contribution < -0.4 is 16.0 Å². The number of hydrogen-bond donors (Lipinski definition) is 5. The largest absolute Gasteiger partial charge is 0.390 e. The number of rotatable bonds is 21. The summed E-state index contributed by atoms with van der Waals surface area (Å²) in [6.07, 6.45) is 10.6. The Morgan fingerprint density at radius 3 is 2.33 bits per heavy atom. The van der Waals surface area contributed by atoms with E-state index in [1.165, 1.54) is 11.4 Å². The van der Waals surface area contributed by atoms with Gasteiger partial charge in [0.25, 0.3) is 0 Å². The van der Waals surface area contributed by atoms with E-state index in [0.29, 0.717) is 25.3 Å². The van der Waals surface area contributed by atoms with Crippen LogP contribution in [0.5, 0.6) is 0 Å². The molecule has 0 aromatic heterocycles. The fourth-order valence-electron chi connectivity index (χ4n) is 6.04. The summed E-state index contributed by atoms with van der Waals surface area (Å²) in [5, 5.41) is 30.8. The topological polar surface area (TPSA) is 148 Å². The molecule has 0 saturated heterocycles. The van der Waals surface area contributed by atoms with Gasteiger partial charge in [0.15, 0.2) is 0 Å². The number of hydrogen-bond acceptors (Lipinski definition) is 7. The highest BCUT2D eigenvalue weighted by Gasteiger charge is 2.35. The van der Waals surface area contributed by atoms with Gasteiger partial charge >= 0.3 is 0 Å². The molecule has 260 valence electrons. The maximum absolute atomic E-state index is 13.8. The molecule has 2 amide bonds. The van der Waals surface area contributed by atoms with Crippen LogP contribution in [-0.2, 0) is 26.0 Å². The van der Waals surface area contributed by atoms with Gasteiger partial charge in [-0.3, -0.25) is 9.59 Å². The summed E-state index contributed by atoms with van der Waals surface area (Å²) >= 11 is 0. The molecular formula is C35H58N4O6S. The Morgan fingerprint density at radius 2 is 1.72 bits per heavy atom. The zero-order valence-electron chi connectivity index (χ0n) is 28.3. The number of nitrogens with zero attached hydrogens (tertiary/aromatic N) is 1. The number of sulfonamides is 1. The van der Waals surface area contributed by atoms with E-state index in [2.05, 4.69) is 21.9 Å². The molecule has 0 bridgehead atoms. The van der Waals surface area contributed by atoms with Crippen LogP contribution in [0.1, 0.15) is 84.1 Å². The van der Waals surface area contributed by atoms with E-state index in [4.69, 9.17) is 6.42 Å². The van der Waals surface area contributed by atoms with Gasteiger partial charge in [-0.25, -0.2) is 12.7 Å². The molecule has 10 nitrogen and oxygen atoms in total. The minimum Gasteiger partial charge on any atom is -0.390 e. The summed E-state index contributed by atoms with van der Waals surface area (Å²) in [6, 6.07) is 7.28. The van der Waals surface area contributed by atoms with Gasteiger partial charge in [-0.15, -0.1) is 12.3 Å². The number of aliphatic hydroxyl groups excluding tert-OH is 2. The van der Waals surface area contributed by atoms with Crippen LogP contribution in [-0.4, -0.2) is 91.5 Å². The molecule has 0 radical (unpaired) electrons. The lowest BCUT2D eigenvalue weighted by Gasteiger charge is -2.33. The molecule has 11 heteroatoms. The number of carbonyl (C=O) groups is 2. The lowest BCUT2D eigenvalue weighted by Crippen LogP contribution is -2.56. The second-order valence-electron chi connectivity index (χ2n) is 13.2. The molecule has 1 fully saturated rings. The number of nitrogens with one attached hydrogen (secondary N) is 3. The van der Waals surface area contributed by atoms with Crippen LogP contribution >= 0.6 is 0 Å². The second kappa shape index (κ2) is 20.7. The predicted molar refractivity (Wildman–Crippen MR) is 183 cm³/mol. The Kier molecular flexibility index (Phi) is 17.8. The van der Waals surface area contributed by atoms with Gasteiger partial charge in [0.2, 0.25) is 21.8 Å². The highest BCUT2D eigenvalue weighted by Crippen LogP contribution is 2.29. The average molecular weight is 663 g/mol. The smallest absolute Gasteiger partial charge is 0.243 e. The van der Waals surface area contributed by atoms with Gasteiger partial charge in [-0.2, -0.15) is 0 Å². The van der Waals surface area contributed by atoms with Crippen LogP contribution in [0.3, 0.4) is 0 Å². The first-order valence-electron chi connectivity index (χ1n) is 17.0. The average Bonchev–Trinajstić information content (AvgIpc) is 3.02. The van der Waals surface area contributed by atoms with E-state index in [0.717, 1.165) is 50.6 Å². The highest BCUT2D eigenvalue weighted by atomic mass is 32.2. The minimum absolute atomic E-state index is 0.119. The monoisotopic (exact) mass is 662 g/mol. The zero-order chi connectivity index (χ0) is 34.1. The number of terminal acetylenes is 1. The zero-order valence-corrected chi connectivity index (χ0v) is 29.1. The van der Waals surface area contributed by atoms with Crippen LogP contribution in [0.2, 0.25) is 0 Å². The Hall–Kier alpha value is -2.49. The summed E-state index contributed by atoms with van der Waals surface area (Å²) in [6.45, 7) is 7.47. The first-order chi connectivity index (χ1) is 21.9. The fourth-order valence-corrected chi connectivity index (χ4v) is 7.44. The lowest BCUT2D eigenvalue weighted by atomic mass is 9.82. The van der Waals surface area contributed by atoms with Crippen molar-refractivity contribution < 1.29 is 28.2 Å². The molecule has 2 rings (SSSR count). The van der Waals surface area contributed by atoms with E-state index < -0.39 is 57.8 Å². The molecule has 1 saturated carbocycles. The van der Waals surface area contributed by atoms with Crippen molar-refractivity contribution in [3.05, 3.63) is 35.9 Å². The Bertz CT molecular complexity index is 1180. The molecule has 1 aliphatic rings. The van der Waals surface area contributed by atoms with Crippen LogP contribution in [0.15, 0.2) is 30.3 Å². The van der Waals surface area contributed by atoms with Crippen LogP contribution in [0.4, 0.5) is 0 Å². The van der Waals surface area contributed by atoms with E-state index in [1.807, 2.05) is 51.1 Å². The first-order valence-corrected chi connectivity index (χ1v) is 18.6. The van der Waals surface area contributed by atoms with Gasteiger partial charge in [-0.05, 0) is 49.6 Å². The molecule has 5 atom stereocenters. The summed E-state index contributed by atoms with van der Waals surface area (Å²) in [5.74, 6) is 0.322. The van der Waals surface area contributed by atoms with E-state index >= 15 is 0 Å². The molecule has 0 heterocycles. The Balaban J connectivity index is 2.24. The van der Waals surface area contributed by atoms with Crippen molar-refractivity contribution in [1.29, 1.82) is 0 Å². The third-order valence-electron chi connectivity index (χ3n) is 8.73. The van der Waals surface area contributed by atoms with Gasteiger partial charge in [0, 0.05) is 26.6 Å². The molecule has 1 aromatic rings.